The third-order valence-electron chi connectivity index (χ3n) is 3.38. The molecule has 14 heavy (non-hydrogen) atoms. The van der Waals surface area contributed by atoms with E-state index in [2.05, 4.69) is 5.32 Å². The maximum Gasteiger partial charge on any atom is 0.0693 e. The summed E-state index contributed by atoms with van der Waals surface area (Å²) < 4.78 is 5.54. The minimum absolute atomic E-state index is 0.112. The predicted octanol–water partition coefficient (Wildman–Crippen LogP) is 1.06. The highest BCUT2D eigenvalue weighted by Crippen LogP contribution is 2.19. The van der Waals surface area contributed by atoms with Crippen LogP contribution in [0.2, 0.25) is 0 Å². The van der Waals surface area contributed by atoms with Crippen LogP contribution in [0.25, 0.3) is 0 Å². The molecule has 3 atom stereocenters. The molecular formula is C11H21NO2. The Bertz CT molecular complexity index is 169. The van der Waals surface area contributed by atoms with Crippen molar-refractivity contribution in [2.24, 2.45) is 0 Å². The van der Waals surface area contributed by atoms with Crippen molar-refractivity contribution in [1.82, 2.24) is 5.32 Å². The van der Waals surface area contributed by atoms with Gasteiger partial charge in [0.25, 0.3) is 0 Å². The molecule has 2 rings (SSSR count). The van der Waals surface area contributed by atoms with E-state index < -0.39 is 0 Å². The molecule has 3 nitrogen and oxygen atoms in total. The summed E-state index contributed by atoms with van der Waals surface area (Å²) in [6.07, 6.45) is 7.17. The van der Waals surface area contributed by atoms with Gasteiger partial charge in [-0.05, 0) is 45.1 Å². The van der Waals surface area contributed by atoms with Crippen LogP contribution in [-0.2, 0) is 4.74 Å². The van der Waals surface area contributed by atoms with Crippen LogP contribution in [-0.4, -0.2) is 36.5 Å². The first-order valence-electron chi connectivity index (χ1n) is 5.89. The van der Waals surface area contributed by atoms with Gasteiger partial charge < -0.3 is 15.2 Å². The van der Waals surface area contributed by atoms with Crippen LogP contribution < -0.4 is 5.32 Å². The minimum atomic E-state index is -0.112. The van der Waals surface area contributed by atoms with E-state index in [1.807, 2.05) is 0 Å². The van der Waals surface area contributed by atoms with Gasteiger partial charge in [-0.25, -0.2) is 0 Å². The molecule has 2 fully saturated rings. The fourth-order valence-electron chi connectivity index (χ4n) is 2.48. The maximum atomic E-state index is 9.59. The van der Waals surface area contributed by atoms with Crippen LogP contribution in [0.15, 0.2) is 0 Å². The van der Waals surface area contributed by atoms with E-state index in [1.165, 1.54) is 19.3 Å². The van der Waals surface area contributed by atoms with Crippen LogP contribution >= 0.6 is 0 Å². The molecule has 1 unspecified atom stereocenters. The van der Waals surface area contributed by atoms with Gasteiger partial charge in [0.1, 0.15) is 0 Å². The Labute approximate surface area is 85.8 Å². The molecule has 0 aromatic heterocycles. The lowest BCUT2D eigenvalue weighted by atomic mass is 10.1. The minimum Gasteiger partial charge on any atom is -0.392 e. The highest BCUT2D eigenvalue weighted by molar-refractivity contribution is 4.82. The van der Waals surface area contributed by atoms with Crippen molar-refractivity contribution < 1.29 is 9.84 Å². The Morgan fingerprint density at radius 2 is 2.14 bits per heavy atom. The molecule has 1 aliphatic heterocycles. The molecule has 82 valence electrons. The van der Waals surface area contributed by atoms with Gasteiger partial charge in [-0.2, -0.15) is 0 Å². The first-order valence-corrected chi connectivity index (χ1v) is 5.89. The zero-order chi connectivity index (χ0) is 9.80. The maximum absolute atomic E-state index is 9.59. The molecule has 0 amide bonds. The van der Waals surface area contributed by atoms with Gasteiger partial charge in [-0.3, -0.25) is 0 Å². The van der Waals surface area contributed by atoms with E-state index in [4.69, 9.17) is 4.74 Å². The summed E-state index contributed by atoms with van der Waals surface area (Å²) in [6, 6.07) is 0.344. The molecule has 1 saturated heterocycles. The lowest BCUT2D eigenvalue weighted by molar-refractivity contribution is 0.0993. The molecule has 0 radical (unpaired) electrons. The summed E-state index contributed by atoms with van der Waals surface area (Å²) in [6.45, 7) is 1.93. The topological polar surface area (TPSA) is 41.5 Å². The number of aliphatic hydroxyl groups excluding tert-OH is 1. The van der Waals surface area contributed by atoms with E-state index in [0.29, 0.717) is 12.1 Å². The van der Waals surface area contributed by atoms with Crippen molar-refractivity contribution in [3.63, 3.8) is 0 Å². The third-order valence-corrected chi connectivity index (χ3v) is 3.38. The molecule has 0 bridgehead atoms. The van der Waals surface area contributed by atoms with Gasteiger partial charge in [0, 0.05) is 12.6 Å². The van der Waals surface area contributed by atoms with E-state index in [-0.39, 0.29) is 6.10 Å². The fraction of sp³-hybridized carbons (Fsp3) is 1.00. The molecule has 0 spiro atoms. The summed E-state index contributed by atoms with van der Waals surface area (Å²) in [5.41, 5.74) is 0. The fourth-order valence-corrected chi connectivity index (χ4v) is 2.48. The smallest absolute Gasteiger partial charge is 0.0693 e. The van der Waals surface area contributed by atoms with Crippen molar-refractivity contribution >= 4 is 0 Å². The summed E-state index contributed by atoms with van der Waals surface area (Å²) >= 11 is 0. The number of aliphatic hydroxyl groups is 1. The SMILES string of the molecule is O[C@H]1CCC[C@@H]1NCCC1CCCO1. The van der Waals surface area contributed by atoms with Crippen molar-refractivity contribution in [2.75, 3.05) is 13.2 Å². The molecule has 1 aliphatic carbocycles. The predicted molar refractivity (Wildman–Crippen MR) is 55.2 cm³/mol. The highest BCUT2D eigenvalue weighted by Gasteiger charge is 2.24. The average Bonchev–Trinajstić information content (AvgIpc) is 2.78. The normalized spacial score (nSPS) is 37.9. The first kappa shape index (κ1) is 10.4. The van der Waals surface area contributed by atoms with E-state index >= 15 is 0 Å². The molecule has 1 saturated carbocycles. The quantitative estimate of drug-likeness (QED) is 0.711. The number of rotatable bonds is 4. The monoisotopic (exact) mass is 199 g/mol. The Hall–Kier alpha value is -0.120. The highest BCUT2D eigenvalue weighted by atomic mass is 16.5. The third kappa shape index (κ3) is 2.69. The van der Waals surface area contributed by atoms with Crippen LogP contribution in [0, 0.1) is 0 Å². The van der Waals surface area contributed by atoms with Crippen molar-refractivity contribution in [2.45, 2.75) is 56.8 Å². The standard InChI is InChI=1S/C11H21NO2/c13-11-5-1-4-10(11)12-7-6-9-3-2-8-14-9/h9-13H,1-8H2/t9?,10-,11-/m0/s1. The largest absolute Gasteiger partial charge is 0.392 e. The van der Waals surface area contributed by atoms with Crippen molar-refractivity contribution in [1.29, 1.82) is 0 Å². The summed E-state index contributed by atoms with van der Waals surface area (Å²) in [5.74, 6) is 0. The van der Waals surface area contributed by atoms with Crippen LogP contribution in [0.3, 0.4) is 0 Å². The lowest BCUT2D eigenvalue weighted by Gasteiger charge is -2.17. The second-order valence-electron chi connectivity index (χ2n) is 4.48. The molecular weight excluding hydrogens is 178 g/mol. The van der Waals surface area contributed by atoms with Gasteiger partial charge in [-0.15, -0.1) is 0 Å². The zero-order valence-electron chi connectivity index (χ0n) is 8.74. The lowest BCUT2D eigenvalue weighted by Crippen LogP contribution is -2.37. The molecule has 0 aromatic carbocycles. The number of hydrogen-bond acceptors (Lipinski definition) is 3. The summed E-state index contributed by atoms with van der Waals surface area (Å²) in [7, 11) is 0. The van der Waals surface area contributed by atoms with Gasteiger partial charge in [0.15, 0.2) is 0 Å². The average molecular weight is 199 g/mol. The zero-order valence-corrected chi connectivity index (χ0v) is 8.74. The van der Waals surface area contributed by atoms with Crippen LogP contribution in [0.5, 0.6) is 0 Å². The number of ether oxygens (including phenoxy) is 1. The molecule has 2 N–H and O–H groups in total. The molecule has 0 aromatic rings. The number of nitrogens with one attached hydrogen (secondary N) is 1. The molecule has 2 aliphatic rings. The second kappa shape index (κ2) is 5.10. The van der Waals surface area contributed by atoms with Gasteiger partial charge in [0.2, 0.25) is 0 Å². The second-order valence-corrected chi connectivity index (χ2v) is 4.48. The van der Waals surface area contributed by atoms with Gasteiger partial charge >= 0.3 is 0 Å². The Balaban J connectivity index is 1.57. The van der Waals surface area contributed by atoms with Gasteiger partial charge in [0.05, 0.1) is 12.2 Å². The summed E-state index contributed by atoms with van der Waals surface area (Å²) in [4.78, 5) is 0. The van der Waals surface area contributed by atoms with Gasteiger partial charge in [-0.1, -0.05) is 0 Å². The summed E-state index contributed by atoms with van der Waals surface area (Å²) in [5, 5.41) is 13.0. The van der Waals surface area contributed by atoms with E-state index in [0.717, 1.165) is 32.4 Å². The Morgan fingerprint density at radius 1 is 1.21 bits per heavy atom. The Kier molecular flexibility index (Phi) is 3.79. The molecule has 3 heteroatoms. The number of hydrogen-bond donors (Lipinski definition) is 2. The van der Waals surface area contributed by atoms with E-state index in [9.17, 15) is 5.11 Å². The van der Waals surface area contributed by atoms with Crippen molar-refractivity contribution in [3.8, 4) is 0 Å². The van der Waals surface area contributed by atoms with E-state index in [1.54, 1.807) is 0 Å². The van der Waals surface area contributed by atoms with Crippen molar-refractivity contribution in [3.05, 3.63) is 0 Å². The first-order chi connectivity index (χ1) is 6.86. The molecule has 1 heterocycles. The van der Waals surface area contributed by atoms with Crippen LogP contribution in [0.1, 0.15) is 38.5 Å². The Morgan fingerprint density at radius 3 is 2.79 bits per heavy atom. The van der Waals surface area contributed by atoms with Crippen LogP contribution in [0.4, 0.5) is 0 Å².